The molecule has 0 atom stereocenters. The number of carbonyl (C=O) groups excluding carboxylic acids is 1. The fourth-order valence-electron chi connectivity index (χ4n) is 2.51. The molecule has 1 heterocycles. The van der Waals surface area contributed by atoms with E-state index in [4.69, 9.17) is 4.74 Å². The monoisotopic (exact) mass is 269 g/mol. The van der Waals surface area contributed by atoms with Crippen molar-refractivity contribution in [2.75, 3.05) is 31.7 Å². The fourth-order valence-corrected chi connectivity index (χ4v) is 2.51. The number of benzene rings is 1. The first-order valence-electron chi connectivity index (χ1n) is 6.33. The Hall–Kier alpha value is -1.49. The molecule has 1 aromatic carbocycles. The smallest absolute Gasteiger partial charge is 0.150 e. The number of halogens is 2. The van der Waals surface area contributed by atoms with E-state index in [0.717, 1.165) is 25.0 Å². The molecule has 0 radical (unpaired) electrons. The zero-order valence-corrected chi connectivity index (χ0v) is 10.9. The molecule has 104 valence electrons. The van der Waals surface area contributed by atoms with E-state index in [9.17, 15) is 13.6 Å². The molecular weight excluding hydrogens is 252 g/mol. The van der Waals surface area contributed by atoms with Gasteiger partial charge in [-0.2, -0.15) is 0 Å². The molecule has 5 heteroatoms. The molecule has 0 aromatic heterocycles. The van der Waals surface area contributed by atoms with Gasteiger partial charge in [0.1, 0.15) is 23.6 Å². The lowest BCUT2D eigenvalue weighted by molar-refractivity contribution is 0.112. The van der Waals surface area contributed by atoms with Gasteiger partial charge in [-0.05, 0) is 30.9 Å². The number of carbonyl (C=O) groups is 1. The maximum atomic E-state index is 13.9. The van der Waals surface area contributed by atoms with Crippen molar-refractivity contribution in [3.63, 3.8) is 0 Å². The van der Waals surface area contributed by atoms with Gasteiger partial charge in [-0.15, -0.1) is 0 Å². The Morgan fingerprint density at radius 3 is 2.37 bits per heavy atom. The van der Waals surface area contributed by atoms with Gasteiger partial charge >= 0.3 is 0 Å². The lowest BCUT2D eigenvalue weighted by Gasteiger charge is -2.33. The maximum absolute atomic E-state index is 13.9. The number of anilines is 1. The van der Waals surface area contributed by atoms with Gasteiger partial charge in [0.15, 0.2) is 0 Å². The summed E-state index contributed by atoms with van der Waals surface area (Å²) in [4.78, 5) is 12.3. The van der Waals surface area contributed by atoms with E-state index >= 15 is 0 Å². The number of methoxy groups -OCH3 is 1. The van der Waals surface area contributed by atoms with Crippen LogP contribution in [0.25, 0.3) is 0 Å². The van der Waals surface area contributed by atoms with Crippen molar-refractivity contribution < 1.29 is 18.3 Å². The lowest BCUT2D eigenvalue weighted by Crippen LogP contribution is -2.36. The van der Waals surface area contributed by atoms with Crippen LogP contribution < -0.4 is 4.90 Å². The molecule has 3 nitrogen and oxygen atoms in total. The molecular formula is C14H17F2NO2. The number of piperidine rings is 1. The van der Waals surface area contributed by atoms with E-state index in [1.54, 1.807) is 12.0 Å². The largest absolute Gasteiger partial charge is 0.384 e. The Morgan fingerprint density at radius 2 is 1.89 bits per heavy atom. The van der Waals surface area contributed by atoms with Gasteiger partial charge in [0.05, 0.1) is 0 Å². The van der Waals surface area contributed by atoms with E-state index in [-0.39, 0.29) is 11.3 Å². The van der Waals surface area contributed by atoms with Crippen molar-refractivity contribution >= 4 is 12.0 Å². The summed E-state index contributed by atoms with van der Waals surface area (Å²) >= 11 is 0. The van der Waals surface area contributed by atoms with Gasteiger partial charge in [-0.3, -0.25) is 4.79 Å². The van der Waals surface area contributed by atoms with Gasteiger partial charge in [-0.1, -0.05) is 0 Å². The van der Waals surface area contributed by atoms with E-state index in [1.807, 2.05) is 0 Å². The highest BCUT2D eigenvalue weighted by molar-refractivity contribution is 5.76. The van der Waals surface area contributed by atoms with Crippen molar-refractivity contribution in [2.45, 2.75) is 12.8 Å². The molecule has 1 fully saturated rings. The van der Waals surface area contributed by atoms with Crippen LogP contribution in [0.5, 0.6) is 0 Å². The van der Waals surface area contributed by atoms with Crippen molar-refractivity contribution in [3.05, 3.63) is 29.3 Å². The van der Waals surface area contributed by atoms with Gasteiger partial charge in [0.2, 0.25) is 0 Å². The van der Waals surface area contributed by atoms with Crippen LogP contribution in [0.4, 0.5) is 14.5 Å². The van der Waals surface area contributed by atoms with Crippen LogP contribution in [-0.4, -0.2) is 33.1 Å². The van der Waals surface area contributed by atoms with Crippen LogP contribution in [0.1, 0.15) is 23.2 Å². The molecule has 2 rings (SSSR count). The minimum Gasteiger partial charge on any atom is -0.384 e. The molecule has 0 aliphatic carbocycles. The third kappa shape index (κ3) is 3.10. The van der Waals surface area contributed by atoms with E-state index in [0.29, 0.717) is 31.9 Å². The molecule has 0 spiro atoms. The Labute approximate surface area is 111 Å². The molecule has 0 N–H and O–H groups in total. The number of nitrogens with zero attached hydrogens (tertiary/aromatic N) is 1. The SMILES string of the molecule is COCC1CCN(c2c(F)cc(C=O)cc2F)CC1. The van der Waals surface area contributed by atoms with Gasteiger partial charge in [0.25, 0.3) is 0 Å². The first-order valence-corrected chi connectivity index (χ1v) is 6.33. The average molecular weight is 269 g/mol. The second-order valence-electron chi connectivity index (χ2n) is 4.84. The lowest BCUT2D eigenvalue weighted by atomic mass is 9.97. The fraction of sp³-hybridized carbons (Fsp3) is 0.500. The number of aldehydes is 1. The quantitative estimate of drug-likeness (QED) is 0.787. The zero-order valence-electron chi connectivity index (χ0n) is 10.9. The first-order chi connectivity index (χ1) is 9.15. The molecule has 1 aromatic rings. The summed E-state index contributed by atoms with van der Waals surface area (Å²) in [6.07, 6.45) is 2.14. The number of hydrogen-bond acceptors (Lipinski definition) is 3. The third-order valence-electron chi connectivity index (χ3n) is 3.51. The first kappa shape index (κ1) is 13.9. The van der Waals surface area contributed by atoms with Crippen LogP contribution in [0, 0.1) is 17.6 Å². The standard InChI is InChI=1S/C14H17F2NO2/c1-19-9-10-2-4-17(5-3-10)14-12(15)6-11(8-18)7-13(14)16/h6-8,10H,2-5,9H2,1H3. The highest BCUT2D eigenvalue weighted by atomic mass is 19.1. The molecule has 0 unspecified atom stereocenters. The Kier molecular flexibility index (Phi) is 4.47. The summed E-state index contributed by atoms with van der Waals surface area (Å²) in [6.45, 7) is 1.88. The highest BCUT2D eigenvalue weighted by Crippen LogP contribution is 2.29. The van der Waals surface area contributed by atoms with Gasteiger partial charge in [0, 0.05) is 32.4 Å². The Balaban J connectivity index is 2.13. The van der Waals surface area contributed by atoms with E-state index in [2.05, 4.69) is 0 Å². The Bertz CT molecular complexity index is 434. The normalized spacial score (nSPS) is 16.7. The minimum absolute atomic E-state index is 0.0213. The topological polar surface area (TPSA) is 29.5 Å². The summed E-state index contributed by atoms with van der Waals surface area (Å²) in [5.41, 5.74) is -0.00511. The van der Waals surface area contributed by atoms with Crippen molar-refractivity contribution in [1.82, 2.24) is 0 Å². The molecule has 0 bridgehead atoms. The number of hydrogen-bond donors (Lipinski definition) is 0. The zero-order chi connectivity index (χ0) is 13.8. The van der Waals surface area contributed by atoms with Crippen LogP contribution in [-0.2, 0) is 4.74 Å². The van der Waals surface area contributed by atoms with Crippen molar-refractivity contribution in [3.8, 4) is 0 Å². The summed E-state index contributed by atoms with van der Waals surface area (Å²) < 4.78 is 32.8. The summed E-state index contributed by atoms with van der Waals surface area (Å²) in [5, 5.41) is 0. The minimum atomic E-state index is -0.674. The molecule has 19 heavy (non-hydrogen) atoms. The summed E-state index contributed by atoms with van der Waals surface area (Å²) in [7, 11) is 1.66. The van der Waals surface area contributed by atoms with E-state index in [1.165, 1.54) is 0 Å². The summed E-state index contributed by atoms with van der Waals surface area (Å²) in [6, 6.07) is 2.15. The van der Waals surface area contributed by atoms with Crippen LogP contribution in [0.3, 0.4) is 0 Å². The second kappa shape index (κ2) is 6.10. The Morgan fingerprint density at radius 1 is 1.32 bits per heavy atom. The average Bonchev–Trinajstić information content (AvgIpc) is 2.40. The van der Waals surface area contributed by atoms with Crippen LogP contribution in [0.2, 0.25) is 0 Å². The predicted molar refractivity (Wildman–Crippen MR) is 68.6 cm³/mol. The highest BCUT2D eigenvalue weighted by Gasteiger charge is 2.24. The van der Waals surface area contributed by atoms with Crippen molar-refractivity contribution in [1.29, 1.82) is 0 Å². The molecule has 0 saturated carbocycles. The molecule has 1 aliphatic rings. The van der Waals surface area contributed by atoms with Gasteiger partial charge in [-0.25, -0.2) is 8.78 Å². The molecule has 1 saturated heterocycles. The van der Waals surface area contributed by atoms with Gasteiger partial charge < -0.3 is 9.64 Å². The second-order valence-corrected chi connectivity index (χ2v) is 4.84. The van der Waals surface area contributed by atoms with Crippen molar-refractivity contribution in [2.24, 2.45) is 5.92 Å². The van der Waals surface area contributed by atoms with Crippen LogP contribution >= 0.6 is 0 Å². The predicted octanol–water partition coefficient (Wildman–Crippen LogP) is 2.64. The summed E-state index contributed by atoms with van der Waals surface area (Å²) in [5.74, 6) is -0.902. The van der Waals surface area contributed by atoms with Crippen LogP contribution in [0.15, 0.2) is 12.1 Å². The molecule has 0 amide bonds. The number of rotatable bonds is 4. The molecule has 1 aliphatic heterocycles. The van der Waals surface area contributed by atoms with E-state index < -0.39 is 11.6 Å². The number of ether oxygens (including phenoxy) is 1. The maximum Gasteiger partial charge on any atom is 0.150 e. The third-order valence-corrected chi connectivity index (χ3v) is 3.51.